The largest absolute Gasteiger partial charge is 0.356 e. The van der Waals surface area contributed by atoms with Gasteiger partial charge in [-0.1, -0.05) is 6.92 Å². The normalized spacial score (nSPS) is 22.4. The molecule has 2 aromatic rings. The number of aryl methyl sites for hydroxylation is 2. The van der Waals surface area contributed by atoms with Crippen LogP contribution in [0.5, 0.6) is 0 Å². The van der Waals surface area contributed by atoms with Crippen molar-refractivity contribution in [1.29, 1.82) is 0 Å². The van der Waals surface area contributed by atoms with Crippen LogP contribution in [0, 0.1) is 19.8 Å². The average Bonchev–Trinajstić information content (AvgIpc) is 3.33. The molecule has 0 bridgehead atoms. The van der Waals surface area contributed by atoms with Crippen molar-refractivity contribution in [2.75, 3.05) is 44.3 Å². The lowest BCUT2D eigenvalue weighted by Gasteiger charge is -2.37. The molecule has 0 saturated carbocycles. The first-order valence-electron chi connectivity index (χ1n) is 11.1. The van der Waals surface area contributed by atoms with Gasteiger partial charge in [-0.05, 0) is 38.2 Å². The van der Waals surface area contributed by atoms with Crippen LogP contribution in [0.4, 0.5) is 5.82 Å². The van der Waals surface area contributed by atoms with Gasteiger partial charge in [0.1, 0.15) is 16.5 Å². The second kappa shape index (κ2) is 7.73. The summed E-state index contributed by atoms with van der Waals surface area (Å²) >= 11 is 1.51. The van der Waals surface area contributed by atoms with Crippen molar-refractivity contribution < 1.29 is 14.3 Å². The Morgan fingerprint density at radius 3 is 2.40 bits per heavy atom. The maximum atomic E-state index is 13.4. The highest BCUT2D eigenvalue weighted by Crippen LogP contribution is 2.38. The summed E-state index contributed by atoms with van der Waals surface area (Å²) in [5.74, 6) is 2.16. The van der Waals surface area contributed by atoms with Crippen LogP contribution in [0.3, 0.4) is 0 Å². The van der Waals surface area contributed by atoms with Gasteiger partial charge in [-0.3, -0.25) is 4.79 Å². The molecule has 0 unspecified atom stereocenters. The molecular weight excluding hydrogens is 400 g/mol. The van der Waals surface area contributed by atoms with E-state index in [1.54, 1.807) is 0 Å². The van der Waals surface area contributed by atoms with Gasteiger partial charge in [0.2, 0.25) is 0 Å². The van der Waals surface area contributed by atoms with Gasteiger partial charge < -0.3 is 19.3 Å². The molecule has 3 aliphatic rings. The quantitative estimate of drug-likeness (QED) is 0.726. The zero-order valence-electron chi connectivity index (χ0n) is 18.1. The van der Waals surface area contributed by atoms with Crippen molar-refractivity contribution in [3.05, 3.63) is 16.3 Å². The Morgan fingerprint density at radius 2 is 1.73 bits per heavy atom. The van der Waals surface area contributed by atoms with Crippen LogP contribution >= 0.6 is 11.3 Å². The van der Waals surface area contributed by atoms with Gasteiger partial charge in [-0.2, -0.15) is 0 Å². The van der Waals surface area contributed by atoms with Crippen LogP contribution in [0.25, 0.3) is 10.2 Å². The predicted octanol–water partition coefficient (Wildman–Crippen LogP) is 3.52. The van der Waals surface area contributed by atoms with E-state index in [9.17, 15) is 4.79 Å². The Morgan fingerprint density at radius 1 is 1.07 bits per heavy atom. The molecule has 0 aliphatic carbocycles. The van der Waals surface area contributed by atoms with E-state index in [2.05, 4.69) is 23.7 Å². The topological polar surface area (TPSA) is 67.8 Å². The number of anilines is 1. The third-order valence-electron chi connectivity index (χ3n) is 6.79. The van der Waals surface area contributed by atoms with Gasteiger partial charge >= 0.3 is 0 Å². The van der Waals surface area contributed by atoms with E-state index in [1.807, 2.05) is 11.8 Å². The van der Waals surface area contributed by atoms with Gasteiger partial charge in [0.05, 0.1) is 23.5 Å². The summed E-state index contributed by atoms with van der Waals surface area (Å²) < 4.78 is 11.6. The van der Waals surface area contributed by atoms with Crippen molar-refractivity contribution in [2.24, 2.45) is 5.92 Å². The zero-order valence-corrected chi connectivity index (χ0v) is 18.9. The third-order valence-corrected chi connectivity index (χ3v) is 7.96. The number of amides is 1. The van der Waals surface area contributed by atoms with Crippen molar-refractivity contribution in [3.63, 3.8) is 0 Å². The van der Waals surface area contributed by atoms with Crippen LogP contribution in [0.15, 0.2) is 0 Å². The molecule has 2 aromatic heterocycles. The van der Waals surface area contributed by atoms with E-state index in [1.165, 1.54) is 24.2 Å². The number of carbonyl (C=O) groups excluding carboxylic acids is 1. The number of ether oxygens (including phenoxy) is 2. The number of hydrogen-bond donors (Lipinski definition) is 0. The van der Waals surface area contributed by atoms with Gasteiger partial charge in [0, 0.05) is 39.0 Å². The second-order valence-corrected chi connectivity index (χ2v) is 9.90. The number of rotatable bonds is 2. The summed E-state index contributed by atoms with van der Waals surface area (Å²) in [7, 11) is 0. The van der Waals surface area contributed by atoms with Crippen LogP contribution in [0.2, 0.25) is 0 Å². The Labute approximate surface area is 181 Å². The van der Waals surface area contributed by atoms with E-state index in [-0.39, 0.29) is 5.91 Å². The summed E-state index contributed by atoms with van der Waals surface area (Å²) in [6.45, 7) is 11.0. The number of fused-ring (bicyclic) bond motifs is 1. The van der Waals surface area contributed by atoms with Gasteiger partial charge in [-0.15, -0.1) is 11.3 Å². The summed E-state index contributed by atoms with van der Waals surface area (Å²) in [4.78, 5) is 28.9. The number of nitrogens with zero attached hydrogens (tertiary/aromatic N) is 4. The molecule has 30 heavy (non-hydrogen) atoms. The molecule has 5 heterocycles. The standard InChI is InChI=1S/C22H30N4O3S/c1-14-4-8-25(9-5-14)19-17-15(2)18(30-20(17)24-16(3)23-19)21(27)26-10-6-22(7-11-26)28-12-13-29-22/h14H,4-13H2,1-3H3. The van der Waals surface area contributed by atoms with Gasteiger partial charge in [-0.25, -0.2) is 9.97 Å². The molecule has 8 heteroatoms. The van der Waals surface area contributed by atoms with E-state index in [0.29, 0.717) is 26.3 Å². The summed E-state index contributed by atoms with van der Waals surface area (Å²) in [6, 6.07) is 0. The lowest BCUT2D eigenvalue weighted by molar-refractivity contribution is -0.181. The zero-order chi connectivity index (χ0) is 20.9. The van der Waals surface area contributed by atoms with Crippen LogP contribution in [-0.4, -0.2) is 66.0 Å². The minimum Gasteiger partial charge on any atom is -0.356 e. The van der Waals surface area contributed by atoms with Crippen LogP contribution in [-0.2, 0) is 9.47 Å². The first-order valence-corrected chi connectivity index (χ1v) is 11.9. The van der Waals surface area contributed by atoms with Gasteiger partial charge in [0.15, 0.2) is 5.79 Å². The summed E-state index contributed by atoms with van der Waals surface area (Å²) in [5, 5.41) is 1.06. The average molecular weight is 431 g/mol. The molecule has 0 aromatic carbocycles. The van der Waals surface area contributed by atoms with Crippen molar-refractivity contribution in [1.82, 2.24) is 14.9 Å². The Bertz CT molecular complexity index is 951. The number of hydrogen-bond acceptors (Lipinski definition) is 7. The highest BCUT2D eigenvalue weighted by atomic mass is 32.1. The minimum absolute atomic E-state index is 0.0965. The molecule has 5 rings (SSSR count). The van der Waals surface area contributed by atoms with E-state index in [0.717, 1.165) is 64.1 Å². The van der Waals surface area contributed by atoms with Crippen molar-refractivity contribution in [3.8, 4) is 0 Å². The second-order valence-electron chi connectivity index (χ2n) is 8.90. The first-order chi connectivity index (χ1) is 14.5. The Balaban J connectivity index is 1.43. The smallest absolute Gasteiger partial charge is 0.264 e. The molecule has 0 N–H and O–H groups in total. The SMILES string of the molecule is Cc1nc(N2CCC(C)CC2)c2c(C)c(C(=O)N3CCC4(CC3)OCCO4)sc2n1. The van der Waals surface area contributed by atoms with Crippen LogP contribution in [0.1, 0.15) is 53.7 Å². The lowest BCUT2D eigenvalue weighted by Crippen LogP contribution is -2.47. The molecule has 0 radical (unpaired) electrons. The molecule has 1 spiro atoms. The number of likely N-dealkylation sites (tertiary alicyclic amines) is 1. The number of piperidine rings is 2. The molecular formula is C22H30N4O3S. The number of aromatic nitrogens is 2. The molecule has 0 atom stereocenters. The van der Waals surface area contributed by atoms with E-state index >= 15 is 0 Å². The number of carbonyl (C=O) groups is 1. The van der Waals surface area contributed by atoms with E-state index in [4.69, 9.17) is 14.5 Å². The fourth-order valence-corrected chi connectivity index (χ4v) is 6.04. The fourth-order valence-electron chi connectivity index (χ4n) is 4.85. The monoisotopic (exact) mass is 430 g/mol. The van der Waals surface area contributed by atoms with Crippen molar-refractivity contribution in [2.45, 2.75) is 52.2 Å². The molecule has 162 valence electrons. The summed E-state index contributed by atoms with van der Waals surface area (Å²) in [5.41, 5.74) is 1.02. The molecule has 7 nitrogen and oxygen atoms in total. The molecule has 1 amide bonds. The maximum Gasteiger partial charge on any atom is 0.264 e. The maximum absolute atomic E-state index is 13.4. The Hall–Kier alpha value is -1.77. The summed E-state index contributed by atoms with van der Waals surface area (Å²) in [6.07, 6.45) is 3.83. The molecule has 3 saturated heterocycles. The third kappa shape index (κ3) is 3.48. The predicted molar refractivity (Wildman–Crippen MR) is 117 cm³/mol. The molecule has 3 aliphatic heterocycles. The minimum atomic E-state index is -0.465. The molecule has 3 fully saturated rings. The van der Waals surface area contributed by atoms with Crippen molar-refractivity contribution >= 4 is 33.3 Å². The van der Waals surface area contributed by atoms with E-state index < -0.39 is 5.79 Å². The highest BCUT2D eigenvalue weighted by molar-refractivity contribution is 7.20. The van der Waals surface area contributed by atoms with Gasteiger partial charge in [0.25, 0.3) is 5.91 Å². The fraction of sp³-hybridized carbons (Fsp3) is 0.682. The first kappa shape index (κ1) is 20.2. The Kier molecular flexibility index (Phi) is 5.19. The van der Waals surface area contributed by atoms with Crippen LogP contribution < -0.4 is 4.90 Å². The number of thiophene rings is 1. The highest BCUT2D eigenvalue weighted by Gasteiger charge is 2.41. The lowest BCUT2D eigenvalue weighted by atomic mass is 9.99.